The van der Waals surface area contributed by atoms with Crippen molar-refractivity contribution in [3.8, 4) is 0 Å². The van der Waals surface area contributed by atoms with E-state index in [-0.39, 0.29) is 21.7 Å². The van der Waals surface area contributed by atoms with Gasteiger partial charge >= 0.3 is 8.60 Å². The molecule has 244 valence electrons. The Kier molecular flexibility index (Phi) is 12.7. The van der Waals surface area contributed by atoms with Crippen molar-refractivity contribution in [1.29, 1.82) is 0 Å². The fourth-order valence-electron chi connectivity index (χ4n) is 5.91. The third-order valence-electron chi connectivity index (χ3n) is 8.97. The summed E-state index contributed by atoms with van der Waals surface area (Å²) in [6.07, 6.45) is 4.04. The molecule has 0 aromatic heterocycles. The second kappa shape index (κ2) is 14.5. The summed E-state index contributed by atoms with van der Waals surface area (Å²) in [6, 6.07) is 9.42. The zero-order valence-corrected chi connectivity index (χ0v) is 31.6. The van der Waals surface area contributed by atoms with Crippen LogP contribution in [0.25, 0.3) is 0 Å². The molecule has 0 saturated heterocycles. The van der Waals surface area contributed by atoms with E-state index in [4.69, 9.17) is 9.05 Å². The first-order chi connectivity index (χ1) is 19.5. The minimum absolute atomic E-state index is 0.0417. The van der Waals surface area contributed by atoms with E-state index >= 15 is 0 Å². The molecule has 4 heteroatoms. The van der Waals surface area contributed by atoms with Gasteiger partial charge < -0.3 is 9.42 Å². The summed E-state index contributed by atoms with van der Waals surface area (Å²) in [5.41, 5.74) is 9.71. The maximum absolute atomic E-state index is 11.4. The Labute approximate surface area is 267 Å². The highest BCUT2D eigenvalue weighted by Crippen LogP contribution is 2.48. The van der Waals surface area contributed by atoms with Gasteiger partial charge in [-0.25, -0.2) is 0 Å². The summed E-state index contributed by atoms with van der Waals surface area (Å²) in [5, 5.41) is 0. The van der Waals surface area contributed by atoms with Gasteiger partial charge in [0.15, 0.2) is 0 Å². The molecule has 2 unspecified atom stereocenters. The van der Waals surface area contributed by atoms with Gasteiger partial charge in [0.1, 0.15) is 6.10 Å². The molecule has 0 spiro atoms. The Balaban J connectivity index is 2.88. The molecule has 0 saturated carbocycles. The van der Waals surface area contributed by atoms with Crippen LogP contribution in [0.3, 0.4) is 0 Å². The number of hydrogen-bond donors (Lipinski definition) is 1. The van der Waals surface area contributed by atoms with E-state index in [0.717, 1.165) is 24.0 Å². The molecule has 2 atom stereocenters. The molecule has 0 bridgehead atoms. The molecule has 0 amide bonds. The second-order valence-corrected chi connectivity index (χ2v) is 17.9. The smallest absolute Gasteiger partial charge is 0.328 e. The van der Waals surface area contributed by atoms with Crippen molar-refractivity contribution >= 4 is 8.60 Å². The fourth-order valence-corrected chi connectivity index (χ4v) is 6.72. The second-order valence-electron chi connectivity index (χ2n) is 16.9. The van der Waals surface area contributed by atoms with Crippen molar-refractivity contribution in [1.82, 2.24) is 0 Å². The molecule has 2 aromatic carbocycles. The number of benzene rings is 2. The van der Waals surface area contributed by atoms with Crippen LogP contribution in [0.1, 0.15) is 173 Å². The molecule has 0 heterocycles. The third-order valence-corrected chi connectivity index (χ3v) is 9.73. The van der Waals surface area contributed by atoms with E-state index in [2.05, 4.69) is 135 Å². The van der Waals surface area contributed by atoms with Crippen molar-refractivity contribution in [3.05, 3.63) is 68.8 Å². The molecule has 2 rings (SSSR count). The summed E-state index contributed by atoms with van der Waals surface area (Å²) >= 11 is 0. The Morgan fingerprint density at radius 2 is 1.09 bits per heavy atom. The van der Waals surface area contributed by atoms with E-state index in [1.54, 1.807) is 0 Å². The zero-order chi connectivity index (χ0) is 33.1. The average Bonchev–Trinajstić information content (AvgIpc) is 2.85. The highest BCUT2D eigenvalue weighted by molar-refractivity contribution is 7.40. The topological polar surface area (TPSA) is 38.7 Å². The summed E-state index contributed by atoms with van der Waals surface area (Å²) in [4.78, 5) is 11.4. The van der Waals surface area contributed by atoms with Gasteiger partial charge in [-0.1, -0.05) is 140 Å². The lowest BCUT2D eigenvalue weighted by atomic mass is 9.74. The van der Waals surface area contributed by atoms with E-state index in [9.17, 15) is 4.89 Å². The van der Waals surface area contributed by atoms with Crippen LogP contribution in [-0.2, 0) is 30.7 Å². The van der Waals surface area contributed by atoms with Crippen molar-refractivity contribution in [3.63, 3.8) is 0 Å². The molecule has 0 fully saturated rings. The van der Waals surface area contributed by atoms with Gasteiger partial charge in [0.25, 0.3) is 0 Å². The Hall–Kier alpha value is -1.25. The zero-order valence-electron chi connectivity index (χ0n) is 30.7. The van der Waals surface area contributed by atoms with Crippen LogP contribution in [0, 0.1) is 19.8 Å². The highest BCUT2D eigenvalue weighted by Gasteiger charge is 2.33. The van der Waals surface area contributed by atoms with Crippen molar-refractivity contribution in [2.45, 2.75) is 164 Å². The third kappa shape index (κ3) is 10.1. The summed E-state index contributed by atoms with van der Waals surface area (Å²) in [6.45, 7) is 36.8. The van der Waals surface area contributed by atoms with Gasteiger partial charge in [-0.2, -0.15) is 0 Å². The van der Waals surface area contributed by atoms with Crippen LogP contribution in [0.2, 0.25) is 0 Å². The molecular weight excluding hydrogens is 547 g/mol. The minimum Gasteiger partial charge on any atom is -0.328 e. The lowest BCUT2D eigenvalue weighted by Gasteiger charge is -2.34. The van der Waals surface area contributed by atoms with Crippen LogP contribution in [0.4, 0.5) is 0 Å². The van der Waals surface area contributed by atoms with Gasteiger partial charge in [0.05, 0.1) is 6.61 Å². The van der Waals surface area contributed by atoms with Crippen LogP contribution < -0.4 is 0 Å². The van der Waals surface area contributed by atoms with Crippen LogP contribution in [-0.4, -0.2) is 11.5 Å². The maximum atomic E-state index is 11.4. The quantitative estimate of drug-likeness (QED) is 0.257. The van der Waals surface area contributed by atoms with Gasteiger partial charge in [-0.3, -0.25) is 4.52 Å². The summed E-state index contributed by atoms with van der Waals surface area (Å²) in [7, 11) is -2.10. The number of unbranched alkanes of at least 4 members (excludes halogenated alkanes) is 1. The van der Waals surface area contributed by atoms with Crippen LogP contribution in [0.15, 0.2) is 24.3 Å². The Bertz CT molecular complexity index is 1120. The molecule has 2 aromatic rings. The molecule has 0 aliphatic carbocycles. The van der Waals surface area contributed by atoms with E-state index in [1.165, 1.54) is 46.2 Å². The molecule has 3 nitrogen and oxygen atoms in total. The molecule has 1 N–H and O–H groups in total. The molecule has 0 aliphatic rings. The average molecular weight is 613 g/mol. The van der Waals surface area contributed by atoms with Crippen LogP contribution in [0.5, 0.6) is 0 Å². The van der Waals surface area contributed by atoms with Gasteiger partial charge in [-0.15, -0.1) is 0 Å². The lowest BCUT2D eigenvalue weighted by molar-refractivity contribution is 0.144. The monoisotopic (exact) mass is 612 g/mol. The SMILES string of the molecule is CCCCC(CC)COP(O)OC(c1cc(C(C)(C)C)cc(C(C)(C)C)c1C)c1cc(C(C)(C)C)cc(C(C)(C)C)c1C. The van der Waals surface area contributed by atoms with Crippen molar-refractivity contribution in [2.75, 3.05) is 6.61 Å². The van der Waals surface area contributed by atoms with Crippen molar-refractivity contribution in [2.24, 2.45) is 5.92 Å². The minimum atomic E-state index is -2.10. The predicted molar refractivity (Wildman–Crippen MR) is 188 cm³/mol. The van der Waals surface area contributed by atoms with Gasteiger partial charge in [0.2, 0.25) is 0 Å². The lowest BCUT2D eigenvalue weighted by Crippen LogP contribution is -2.23. The first kappa shape index (κ1) is 37.9. The molecule has 0 aliphatic heterocycles. The standard InChI is InChI=1S/C39H65O3P/c1-17-19-20-28(18-2)25-41-43(40)42-35(31-21-29(36(5,6)7)23-33(26(31)3)38(11,12)13)32-22-30(37(8,9)10)24-34(27(32)4)39(14,15)16/h21-24,28,35,40H,17-20,25H2,1-16H3. The predicted octanol–water partition coefficient (Wildman–Crippen LogP) is 12.1. The first-order valence-electron chi connectivity index (χ1n) is 16.6. The highest BCUT2D eigenvalue weighted by atomic mass is 31.2. The van der Waals surface area contributed by atoms with Crippen LogP contribution >= 0.6 is 8.60 Å². The number of hydrogen-bond acceptors (Lipinski definition) is 3. The normalized spacial score (nSPS) is 14.8. The maximum Gasteiger partial charge on any atom is 0.330 e. The largest absolute Gasteiger partial charge is 0.330 e. The van der Waals surface area contributed by atoms with Crippen molar-refractivity contribution < 1.29 is 13.9 Å². The van der Waals surface area contributed by atoms with E-state index < -0.39 is 14.7 Å². The van der Waals surface area contributed by atoms with Gasteiger partial charge in [0, 0.05) is 0 Å². The van der Waals surface area contributed by atoms with E-state index in [1.807, 2.05) is 0 Å². The van der Waals surface area contributed by atoms with E-state index in [0.29, 0.717) is 12.5 Å². The fraction of sp³-hybridized carbons (Fsp3) is 0.692. The Morgan fingerprint density at radius 1 is 0.674 bits per heavy atom. The summed E-state index contributed by atoms with van der Waals surface area (Å²) in [5.74, 6) is 0.427. The number of rotatable bonds is 11. The Morgan fingerprint density at radius 3 is 1.42 bits per heavy atom. The molecule has 43 heavy (non-hydrogen) atoms. The molecular formula is C39H65O3P. The summed E-state index contributed by atoms with van der Waals surface area (Å²) < 4.78 is 12.9. The first-order valence-corrected chi connectivity index (χ1v) is 17.7. The van der Waals surface area contributed by atoms with Gasteiger partial charge in [-0.05, 0) is 92.4 Å². The molecule has 0 radical (unpaired) electrons.